The van der Waals surface area contributed by atoms with Gasteiger partial charge >= 0.3 is 5.97 Å². The van der Waals surface area contributed by atoms with E-state index >= 15 is 0 Å². The van der Waals surface area contributed by atoms with E-state index in [-0.39, 0.29) is 23.6 Å². The number of hydrogen-bond acceptors (Lipinski definition) is 5. The molecule has 6 nitrogen and oxygen atoms in total. The van der Waals surface area contributed by atoms with Crippen LogP contribution in [0.25, 0.3) is 0 Å². The molecule has 0 radical (unpaired) electrons. The molecule has 0 aliphatic rings. The van der Waals surface area contributed by atoms with Crippen LogP contribution in [-0.4, -0.2) is 28.0 Å². The van der Waals surface area contributed by atoms with Crippen molar-refractivity contribution in [2.45, 2.75) is 25.3 Å². The maximum absolute atomic E-state index is 13.4. The molecule has 0 bridgehead atoms. The van der Waals surface area contributed by atoms with Crippen LogP contribution in [-0.2, 0) is 21.4 Å². The average molecular weight is 381 g/mol. The van der Waals surface area contributed by atoms with E-state index in [9.17, 15) is 17.6 Å². The van der Waals surface area contributed by atoms with Gasteiger partial charge in [0.1, 0.15) is 18.2 Å². The fourth-order valence-corrected chi connectivity index (χ4v) is 3.41. The molecule has 0 unspecified atom stereocenters. The molecule has 0 saturated heterocycles. The van der Waals surface area contributed by atoms with Gasteiger partial charge in [0.15, 0.2) is 0 Å². The van der Waals surface area contributed by atoms with Gasteiger partial charge in [-0.3, -0.25) is 0 Å². The SMILES string of the molecule is CCNS(=O)(=O)c1ccc(C)c(C(=O)OCc2cc(F)ccc2OC)c1. The standard InChI is InChI=1S/C18H20FNO5S/c1-4-20-26(22,23)15-7-5-12(2)16(10-15)18(21)25-11-13-9-14(19)6-8-17(13)24-3/h5-10,20H,4,11H2,1-3H3. The van der Waals surface area contributed by atoms with Gasteiger partial charge in [0.25, 0.3) is 0 Å². The summed E-state index contributed by atoms with van der Waals surface area (Å²) in [6, 6.07) is 8.10. The van der Waals surface area contributed by atoms with Gasteiger partial charge in [-0.25, -0.2) is 22.3 Å². The summed E-state index contributed by atoms with van der Waals surface area (Å²) in [7, 11) is -2.27. The third kappa shape index (κ3) is 4.59. The van der Waals surface area contributed by atoms with Gasteiger partial charge in [0, 0.05) is 12.1 Å². The topological polar surface area (TPSA) is 81.7 Å². The third-order valence-electron chi connectivity index (χ3n) is 3.67. The molecule has 0 heterocycles. The molecule has 140 valence electrons. The monoisotopic (exact) mass is 381 g/mol. The minimum atomic E-state index is -3.69. The van der Waals surface area contributed by atoms with Crippen LogP contribution in [0, 0.1) is 12.7 Å². The lowest BCUT2D eigenvalue weighted by atomic mass is 10.1. The summed E-state index contributed by atoms with van der Waals surface area (Å²) in [6.07, 6.45) is 0. The van der Waals surface area contributed by atoms with Gasteiger partial charge in [0.05, 0.1) is 17.6 Å². The van der Waals surface area contributed by atoms with Crippen molar-refractivity contribution >= 4 is 16.0 Å². The smallest absolute Gasteiger partial charge is 0.338 e. The molecule has 26 heavy (non-hydrogen) atoms. The lowest BCUT2D eigenvalue weighted by Gasteiger charge is -2.12. The van der Waals surface area contributed by atoms with Gasteiger partial charge in [-0.15, -0.1) is 0 Å². The number of nitrogens with one attached hydrogen (secondary N) is 1. The number of sulfonamides is 1. The average Bonchev–Trinajstić information content (AvgIpc) is 2.60. The number of carbonyl (C=O) groups is 1. The summed E-state index contributed by atoms with van der Waals surface area (Å²) in [5.41, 5.74) is 1.06. The first-order valence-corrected chi connectivity index (χ1v) is 9.36. The van der Waals surface area contributed by atoms with Crippen molar-refractivity contribution < 1.29 is 27.1 Å². The van der Waals surface area contributed by atoms with Crippen molar-refractivity contribution in [3.8, 4) is 5.75 Å². The maximum Gasteiger partial charge on any atom is 0.338 e. The number of hydrogen-bond donors (Lipinski definition) is 1. The van der Waals surface area contributed by atoms with Crippen molar-refractivity contribution in [3.05, 3.63) is 58.9 Å². The molecule has 0 aliphatic heterocycles. The molecule has 2 aromatic carbocycles. The van der Waals surface area contributed by atoms with Gasteiger partial charge in [-0.05, 0) is 42.8 Å². The normalized spacial score (nSPS) is 11.2. The molecule has 1 N–H and O–H groups in total. The first kappa shape index (κ1) is 19.9. The number of benzene rings is 2. The number of aryl methyl sites for hydroxylation is 1. The van der Waals surface area contributed by atoms with Crippen LogP contribution in [0.15, 0.2) is 41.3 Å². The summed E-state index contributed by atoms with van der Waals surface area (Å²) >= 11 is 0. The minimum absolute atomic E-state index is 0.0276. The Morgan fingerprint density at radius 1 is 1.19 bits per heavy atom. The Hall–Kier alpha value is -2.45. The number of ether oxygens (including phenoxy) is 2. The number of halogens is 1. The number of rotatable bonds is 7. The Labute approximate surface area is 152 Å². The quantitative estimate of drug-likeness (QED) is 0.746. The van der Waals surface area contributed by atoms with E-state index < -0.39 is 21.8 Å². The zero-order chi connectivity index (χ0) is 19.3. The summed E-state index contributed by atoms with van der Waals surface area (Å²) in [5.74, 6) is -0.798. The predicted octanol–water partition coefficient (Wildman–Crippen LogP) is 2.80. The molecule has 0 atom stereocenters. The first-order valence-electron chi connectivity index (χ1n) is 7.88. The fraction of sp³-hybridized carbons (Fsp3) is 0.278. The summed E-state index contributed by atoms with van der Waals surface area (Å²) in [5, 5.41) is 0. The number of carbonyl (C=O) groups excluding carboxylic acids is 1. The van der Waals surface area contributed by atoms with E-state index in [2.05, 4.69) is 4.72 Å². The van der Waals surface area contributed by atoms with E-state index in [1.165, 1.54) is 43.5 Å². The molecular formula is C18H20FNO5S. The Morgan fingerprint density at radius 3 is 2.58 bits per heavy atom. The highest BCUT2D eigenvalue weighted by Crippen LogP contribution is 2.22. The van der Waals surface area contributed by atoms with Crippen molar-refractivity contribution in [1.82, 2.24) is 4.72 Å². The number of esters is 1. The predicted molar refractivity (Wildman–Crippen MR) is 94.1 cm³/mol. The zero-order valence-corrected chi connectivity index (χ0v) is 15.5. The largest absolute Gasteiger partial charge is 0.496 e. The maximum atomic E-state index is 13.4. The lowest BCUT2D eigenvalue weighted by Crippen LogP contribution is -2.23. The van der Waals surface area contributed by atoms with E-state index in [1.807, 2.05) is 0 Å². The molecule has 2 aromatic rings. The fourth-order valence-electron chi connectivity index (χ4n) is 2.34. The molecule has 0 fully saturated rings. The van der Waals surface area contributed by atoms with E-state index in [0.717, 1.165) is 0 Å². The lowest BCUT2D eigenvalue weighted by molar-refractivity contribution is 0.0468. The second-order valence-electron chi connectivity index (χ2n) is 5.51. The second-order valence-corrected chi connectivity index (χ2v) is 7.28. The van der Waals surface area contributed by atoms with E-state index in [0.29, 0.717) is 16.9 Å². The van der Waals surface area contributed by atoms with Gasteiger partial charge < -0.3 is 9.47 Å². The van der Waals surface area contributed by atoms with Crippen LogP contribution >= 0.6 is 0 Å². The summed E-state index contributed by atoms with van der Waals surface area (Å²) in [6.45, 7) is 3.36. The second kappa shape index (κ2) is 8.29. The van der Waals surface area contributed by atoms with Crippen molar-refractivity contribution in [2.24, 2.45) is 0 Å². The van der Waals surface area contributed by atoms with Crippen LogP contribution in [0.4, 0.5) is 4.39 Å². The molecular weight excluding hydrogens is 361 g/mol. The van der Waals surface area contributed by atoms with Gasteiger partial charge in [0.2, 0.25) is 10.0 Å². The Bertz CT molecular complexity index is 912. The van der Waals surface area contributed by atoms with Gasteiger partial charge in [-0.2, -0.15) is 0 Å². The molecule has 0 amide bonds. The molecule has 0 spiro atoms. The van der Waals surface area contributed by atoms with Crippen molar-refractivity contribution in [2.75, 3.05) is 13.7 Å². The Balaban J connectivity index is 2.24. The van der Waals surface area contributed by atoms with Gasteiger partial charge in [-0.1, -0.05) is 13.0 Å². The molecule has 2 rings (SSSR count). The van der Waals surface area contributed by atoms with E-state index in [1.54, 1.807) is 13.8 Å². The molecule has 8 heteroatoms. The highest BCUT2D eigenvalue weighted by Gasteiger charge is 2.18. The highest BCUT2D eigenvalue weighted by molar-refractivity contribution is 7.89. The van der Waals surface area contributed by atoms with Crippen molar-refractivity contribution in [3.63, 3.8) is 0 Å². The minimum Gasteiger partial charge on any atom is -0.496 e. The van der Waals surface area contributed by atoms with Crippen LogP contribution < -0.4 is 9.46 Å². The van der Waals surface area contributed by atoms with Crippen molar-refractivity contribution in [1.29, 1.82) is 0 Å². The zero-order valence-electron chi connectivity index (χ0n) is 14.7. The summed E-state index contributed by atoms with van der Waals surface area (Å²) < 4.78 is 50.3. The van der Waals surface area contributed by atoms with Crippen LogP contribution in [0.2, 0.25) is 0 Å². The number of methoxy groups -OCH3 is 1. The molecule has 0 saturated carbocycles. The Kier molecular flexibility index (Phi) is 6.33. The van der Waals surface area contributed by atoms with E-state index in [4.69, 9.17) is 9.47 Å². The molecule has 0 aliphatic carbocycles. The third-order valence-corrected chi connectivity index (χ3v) is 5.22. The summed E-state index contributed by atoms with van der Waals surface area (Å²) in [4.78, 5) is 12.4. The first-order chi connectivity index (χ1) is 12.3. The van der Waals surface area contributed by atoms with Crippen LogP contribution in [0.5, 0.6) is 5.75 Å². The Morgan fingerprint density at radius 2 is 1.92 bits per heavy atom. The van der Waals surface area contributed by atoms with Crippen LogP contribution in [0.1, 0.15) is 28.4 Å². The molecule has 0 aromatic heterocycles. The highest BCUT2D eigenvalue weighted by atomic mass is 32.2. The van der Waals surface area contributed by atoms with Crippen LogP contribution in [0.3, 0.4) is 0 Å².